The fraction of sp³-hybridized carbons (Fsp3) is 0.0227. The second-order valence-electron chi connectivity index (χ2n) is 12.0. The van der Waals surface area contributed by atoms with Crippen molar-refractivity contribution in [2.24, 2.45) is 0 Å². The molecule has 0 fully saturated rings. The van der Waals surface area contributed by atoms with Gasteiger partial charge in [-0.05, 0) is 103 Å². The van der Waals surface area contributed by atoms with Crippen molar-refractivity contribution in [1.29, 1.82) is 0 Å². The zero-order valence-corrected chi connectivity index (χ0v) is 25.5. The lowest BCUT2D eigenvalue weighted by Crippen LogP contribution is -1.97. The predicted octanol–water partition coefficient (Wildman–Crippen LogP) is 11.8. The summed E-state index contributed by atoms with van der Waals surface area (Å²) >= 11 is 0. The van der Waals surface area contributed by atoms with Crippen LogP contribution in [0.25, 0.3) is 82.4 Å². The van der Waals surface area contributed by atoms with Gasteiger partial charge in [0.15, 0.2) is 0 Å². The highest BCUT2D eigenvalue weighted by Crippen LogP contribution is 2.44. The van der Waals surface area contributed by atoms with Gasteiger partial charge in [0.25, 0.3) is 0 Å². The van der Waals surface area contributed by atoms with Gasteiger partial charge in [-0.3, -0.25) is 4.57 Å². The average Bonchev–Trinajstić information content (AvgIpc) is 3.46. The first-order valence-corrected chi connectivity index (χ1v) is 15.8. The van der Waals surface area contributed by atoms with Gasteiger partial charge >= 0.3 is 0 Å². The van der Waals surface area contributed by atoms with E-state index in [9.17, 15) is 0 Å². The van der Waals surface area contributed by atoms with Crippen LogP contribution in [0.15, 0.2) is 164 Å². The van der Waals surface area contributed by atoms with Crippen LogP contribution in [0.4, 0.5) is 0 Å². The molecule has 1 aromatic heterocycles. The van der Waals surface area contributed by atoms with Crippen LogP contribution in [0.3, 0.4) is 0 Å². The SMILES string of the molecule is Cc1nc2ccccc2n1-c1cccc(-c2ccc(-c3c4ccccc4c(-c4ccc5ccccc5c4)c4ccccc34)cc2)c1. The smallest absolute Gasteiger partial charge is 0.111 e. The first-order chi connectivity index (χ1) is 22.7. The lowest BCUT2D eigenvalue weighted by molar-refractivity contribution is 1.00. The van der Waals surface area contributed by atoms with E-state index in [1.807, 2.05) is 6.07 Å². The second kappa shape index (κ2) is 10.6. The molecule has 0 amide bonds. The van der Waals surface area contributed by atoms with Gasteiger partial charge in [0.05, 0.1) is 11.0 Å². The highest BCUT2D eigenvalue weighted by molar-refractivity contribution is 6.21. The summed E-state index contributed by atoms with van der Waals surface area (Å²) < 4.78 is 2.24. The molecule has 2 nitrogen and oxygen atoms in total. The van der Waals surface area contributed by atoms with Crippen molar-refractivity contribution in [2.45, 2.75) is 6.92 Å². The summed E-state index contributed by atoms with van der Waals surface area (Å²) in [7, 11) is 0. The molecule has 0 bridgehead atoms. The number of rotatable bonds is 4. The van der Waals surface area contributed by atoms with Gasteiger partial charge in [0.1, 0.15) is 5.82 Å². The molecule has 0 unspecified atom stereocenters. The van der Waals surface area contributed by atoms with E-state index in [4.69, 9.17) is 4.98 Å². The molecule has 9 rings (SSSR count). The van der Waals surface area contributed by atoms with Crippen LogP contribution in [-0.2, 0) is 0 Å². The Morgan fingerprint density at radius 2 is 0.978 bits per heavy atom. The predicted molar refractivity (Wildman–Crippen MR) is 195 cm³/mol. The number of benzene rings is 8. The zero-order chi connectivity index (χ0) is 30.6. The first kappa shape index (κ1) is 26.4. The van der Waals surface area contributed by atoms with E-state index in [1.165, 1.54) is 65.7 Å². The molecule has 0 spiro atoms. The molecule has 0 N–H and O–H groups in total. The van der Waals surface area contributed by atoms with Crippen LogP contribution in [0.2, 0.25) is 0 Å². The Balaban J connectivity index is 1.18. The van der Waals surface area contributed by atoms with Gasteiger partial charge in [-0.2, -0.15) is 0 Å². The summed E-state index contributed by atoms with van der Waals surface area (Å²) in [6, 6.07) is 59.3. The van der Waals surface area contributed by atoms with Crippen molar-refractivity contribution >= 4 is 43.4 Å². The summed E-state index contributed by atoms with van der Waals surface area (Å²) in [6.07, 6.45) is 0. The number of fused-ring (bicyclic) bond motifs is 4. The number of para-hydroxylation sites is 2. The van der Waals surface area contributed by atoms with Crippen LogP contribution in [0.5, 0.6) is 0 Å². The van der Waals surface area contributed by atoms with Crippen molar-refractivity contribution in [3.05, 3.63) is 170 Å². The molecule has 0 radical (unpaired) electrons. The number of aryl methyl sites for hydroxylation is 1. The molecular weight excluding hydrogens is 556 g/mol. The highest BCUT2D eigenvalue weighted by atomic mass is 15.1. The molecular formula is C44H30N2. The highest BCUT2D eigenvalue weighted by Gasteiger charge is 2.17. The monoisotopic (exact) mass is 586 g/mol. The topological polar surface area (TPSA) is 17.8 Å². The van der Waals surface area contributed by atoms with Gasteiger partial charge < -0.3 is 0 Å². The van der Waals surface area contributed by atoms with Crippen molar-refractivity contribution in [2.75, 3.05) is 0 Å². The van der Waals surface area contributed by atoms with Crippen LogP contribution in [-0.4, -0.2) is 9.55 Å². The van der Waals surface area contributed by atoms with Crippen LogP contribution >= 0.6 is 0 Å². The standard InChI is InChI=1S/C44H30N2/c1-29-45-41-19-8-9-20-42(41)46(29)36-14-10-13-34(28-36)31-21-24-32(25-22-31)43-37-15-4-6-17-39(37)44(40-18-7-5-16-38(40)43)35-26-23-30-11-2-3-12-33(30)27-35/h2-28H,1H3. The molecule has 0 aliphatic heterocycles. The zero-order valence-electron chi connectivity index (χ0n) is 25.5. The molecule has 0 saturated heterocycles. The van der Waals surface area contributed by atoms with Crippen molar-refractivity contribution in [3.63, 3.8) is 0 Å². The third kappa shape index (κ3) is 4.22. The number of hydrogen-bond donors (Lipinski definition) is 0. The van der Waals surface area contributed by atoms with Gasteiger partial charge in [-0.25, -0.2) is 4.98 Å². The summed E-state index contributed by atoms with van der Waals surface area (Å²) in [4.78, 5) is 4.79. The Morgan fingerprint density at radius 3 is 1.70 bits per heavy atom. The molecule has 46 heavy (non-hydrogen) atoms. The fourth-order valence-electron chi connectivity index (χ4n) is 7.22. The van der Waals surface area contributed by atoms with Crippen LogP contribution in [0.1, 0.15) is 5.82 Å². The molecule has 0 atom stereocenters. The molecule has 9 aromatic rings. The Labute approximate surface area is 267 Å². The van der Waals surface area contributed by atoms with E-state index in [0.29, 0.717) is 0 Å². The van der Waals surface area contributed by atoms with Gasteiger partial charge in [-0.15, -0.1) is 0 Å². The molecule has 0 aliphatic rings. The number of hydrogen-bond acceptors (Lipinski definition) is 1. The van der Waals surface area contributed by atoms with E-state index < -0.39 is 0 Å². The largest absolute Gasteiger partial charge is 0.297 e. The number of nitrogens with zero attached hydrogens (tertiary/aromatic N) is 2. The number of aromatic nitrogens is 2. The molecule has 2 heteroatoms. The van der Waals surface area contributed by atoms with E-state index in [1.54, 1.807) is 0 Å². The van der Waals surface area contributed by atoms with Crippen molar-refractivity contribution < 1.29 is 0 Å². The summed E-state index contributed by atoms with van der Waals surface area (Å²) in [5.74, 6) is 0.986. The quantitative estimate of drug-likeness (QED) is 0.188. The van der Waals surface area contributed by atoms with E-state index in [0.717, 1.165) is 22.5 Å². The lowest BCUT2D eigenvalue weighted by Gasteiger charge is -2.18. The molecule has 1 heterocycles. The van der Waals surface area contributed by atoms with Gasteiger partial charge in [-0.1, -0.05) is 133 Å². The Bertz CT molecular complexity index is 2530. The molecule has 8 aromatic carbocycles. The lowest BCUT2D eigenvalue weighted by atomic mass is 9.85. The third-order valence-corrected chi connectivity index (χ3v) is 9.31. The Morgan fingerprint density at radius 1 is 0.413 bits per heavy atom. The summed E-state index contributed by atoms with van der Waals surface area (Å²) in [5, 5.41) is 7.59. The van der Waals surface area contributed by atoms with Crippen LogP contribution in [0, 0.1) is 6.92 Å². The minimum absolute atomic E-state index is 0.986. The Kier molecular flexibility index (Phi) is 6.07. The Hall–Kier alpha value is -5.99. The van der Waals surface area contributed by atoms with E-state index >= 15 is 0 Å². The third-order valence-electron chi connectivity index (χ3n) is 9.31. The first-order valence-electron chi connectivity index (χ1n) is 15.8. The summed E-state index contributed by atoms with van der Waals surface area (Å²) in [6.45, 7) is 2.07. The van der Waals surface area contributed by atoms with E-state index in [-0.39, 0.29) is 0 Å². The normalized spacial score (nSPS) is 11.6. The fourth-order valence-corrected chi connectivity index (χ4v) is 7.22. The van der Waals surface area contributed by atoms with Gasteiger partial charge in [0, 0.05) is 5.69 Å². The summed E-state index contributed by atoms with van der Waals surface area (Å²) in [5.41, 5.74) is 10.7. The maximum Gasteiger partial charge on any atom is 0.111 e. The average molecular weight is 587 g/mol. The molecule has 216 valence electrons. The minimum Gasteiger partial charge on any atom is -0.297 e. The molecule has 0 saturated carbocycles. The number of imidazole rings is 1. The van der Waals surface area contributed by atoms with Gasteiger partial charge in [0.2, 0.25) is 0 Å². The van der Waals surface area contributed by atoms with Crippen LogP contribution < -0.4 is 0 Å². The second-order valence-corrected chi connectivity index (χ2v) is 12.0. The maximum absolute atomic E-state index is 4.79. The van der Waals surface area contributed by atoms with Crippen molar-refractivity contribution in [1.82, 2.24) is 9.55 Å². The minimum atomic E-state index is 0.986. The van der Waals surface area contributed by atoms with Crippen molar-refractivity contribution in [3.8, 4) is 39.1 Å². The van der Waals surface area contributed by atoms with E-state index in [2.05, 4.69) is 169 Å². The molecule has 0 aliphatic carbocycles. The maximum atomic E-state index is 4.79.